The average molecular weight is 455 g/mol. The van der Waals surface area contributed by atoms with E-state index in [1.165, 1.54) is 17.4 Å². The molecule has 0 aliphatic rings. The SMILES string of the molecule is CC(C)(C)c1nc(NC(=O)c2c(F)cccc2F)sc1Cc1ccc(Cl)cc1Cl. The molecule has 0 saturated heterocycles. The van der Waals surface area contributed by atoms with E-state index in [1.54, 1.807) is 12.1 Å². The first kappa shape index (κ1) is 21.7. The Morgan fingerprint density at radius 1 is 1.14 bits per heavy atom. The van der Waals surface area contributed by atoms with E-state index in [9.17, 15) is 13.6 Å². The first-order valence-electron chi connectivity index (χ1n) is 8.75. The molecule has 1 heterocycles. The van der Waals surface area contributed by atoms with Crippen LogP contribution in [0.15, 0.2) is 36.4 Å². The van der Waals surface area contributed by atoms with Gasteiger partial charge in [0.15, 0.2) is 5.13 Å². The lowest BCUT2D eigenvalue weighted by atomic mass is 9.90. The monoisotopic (exact) mass is 454 g/mol. The van der Waals surface area contributed by atoms with Gasteiger partial charge in [0.1, 0.15) is 17.2 Å². The smallest absolute Gasteiger partial charge is 0.263 e. The standard InChI is InChI=1S/C21H18Cl2F2N2OS/c1-21(2,3)18-16(9-11-7-8-12(22)10-13(11)23)29-20(26-18)27-19(28)17-14(24)5-4-6-15(17)25/h4-8,10H,9H2,1-3H3,(H,26,27,28). The van der Waals surface area contributed by atoms with E-state index in [0.717, 1.165) is 28.3 Å². The Morgan fingerprint density at radius 3 is 2.38 bits per heavy atom. The third-order valence-corrected chi connectivity index (χ3v) is 5.74. The van der Waals surface area contributed by atoms with Gasteiger partial charge in [-0.3, -0.25) is 10.1 Å². The van der Waals surface area contributed by atoms with Gasteiger partial charge in [0, 0.05) is 26.8 Å². The minimum atomic E-state index is -0.928. The molecule has 0 atom stereocenters. The van der Waals surface area contributed by atoms with Gasteiger partial charge >= 0.3 is 0 Å². The Hall–Kier alpha value is -2.02. The van der Waals surface area contributed by atoms with Crippen LogP contribution in [0, 0.1) is 11.6 Å². The molecule has 3 nitrogen and oxygen atoms in total. The fourth-order valence-corrected chi connectivity index (χ4v) is 4.49. The zero-order valence-electron chi connectivity index (χ0n) is 15.9. The summed E-state index contributed by atoms with van der Waals surface area (Å²) in [7, 11) is 0. The number of benzene rings is 2. The Kier molecular flexibility index (Phi) is 6.27. The number of thiazole rings is 1. The van der Waals surface area contributed by atoms with E-state index in [-0.39, 0.29) is 10.5 Å². The lowest BCUT2D eigenvalue weighted by Gasteiger charge is -2.17. The Balaban J connectivity index is 1.94. The number of carbonyl (C=O) groups is 1. The van der Waals surface area contributed by atoms with Gasteiger partial charge in [-0.1, -0.05) is 56.1 Å². The van der Waals surface area contributed by atoms with Gasteiger partial charge in [0.2, 0.25) is 0 Å². The summed E-state index contributed by atoms with van der Waals surface area (Å²) >= 11 is 13.5. The topological polar surface area (TPSA) is 42.0 Å². The highest BCUT2D eigenvalue weighted by atomic mass is 35.5. The summed E-state index contributed by atoms with van der Waals surface area (Å²) in [5.74, 6) is -2.74. The highest BCUT2D eigenvalue weighted by Gasteiger charge is 2.25. The Morgan fingerprint density at radius 2 is 1.79 bits per heavy atom. The van der Waals surface area contributed by atoms with Crippen molar-refractivity contribution in [1.82, 2.24) is 4.98 Å². The van der Waals surface area contributed by atoms with Crippen LogP contribution in [0.3, 0.4) is 0 Å². The number of aromatic nitrogens is 1. The zero-order chi connectivity index (χ0) is 21.3. The number of halogens is 4. The van der Waals surface area contributed by atoms with E-state index in [2.05, 4.69) is 10.3 Å². The van der Waals surface area contributed by atoms with Crippen LogP contribution < -0.4 is 5.32 Å². The third-order valence-electron chi connectivity index (χ3n) is 4.18. The summed E-state index contributed by atoms with van der Waals surface area (Å²) in [6.45, 7) is 5.99. The molecule has 2 aromatic carbocycles. The van der Waals surface area contributed by atoms with E-state index in [0.29, 0.717) is 16.5 Å². The maximum Gasteiger partial charge on any atom is 0.263 e. The molecule has 0 saturated carbocycles. The van der Waals surface area contributed by atoms with Crippen LogP contribution in [0.2, 0.25) is 10.0 Å². The molecule has 29 heavy (non-hydrogen) atoms. The Bertz CT molecular complexity index is 1060. The lowest BCUT2D eigenvalue weighted by molar-refractivity contribution is 0.101. The molecular weight excluding hydrogens is 437 g/mol. The maximum atomic E-state index is 13.9. The van der Waals surface area contributed by atoms with E-state index >= 15 is 0 Å². The summed E-state index contributed by atoms with van der Waals surface area (Å²) in [6.07, 6.45) is 0.490. The molecule has 0 fully saturated rings. The largest absolute Gasteiger partial charge is 0.298 e. The fourth-order valence-electron chi connectivity index (χ4n) is 2.82. The molecule has 0 spiro atoms. The van der Waals surface area contributed by atoms with Crippen molar-refractivity contribution in [3.8, 4) is 0 Å². The number of nitrogens with one attached hydrogen (secondary N) is 1. The van der Waals surface area contributed by atoms with E-state index in [1.807, 2.05) is 26.8 Å². The molecule has 3 aromatic rings. The number of hydrogen-bond acceptors (Lipinski definition) is 3. The van der Waals surface area contributed by atoms with Gasteiger partial charge in [-0.15, -0.1) is 11.3 Å². The lowest BCUT2D eigenvalue weighted by Crippen LogP contribution is -2.17. The summed E-state index contributed by atoms with van der Waals surface area (Å²) in [5.41, 5.74) is 0.695. The van der Waals surface area contributed by atoms with Crippen molar-refractivity contribution >= 4 is 45.6 Å². The molecule has 0 radical (unpaired) electrons. The van der Waals surface area contributed by atoms with Crippen LogP contribution in [-0.4, -0.2) is 10.9 Å². The van der Waals surface area contributed by atoms with Crippen molar-refractivity contribution < 1.29 is 13.6 Å². The number of anilines is 1. The molecule has 152 valence electrons. The van der Waals surface area contributed by atoms with Gasteiger partial charge in [0.05, 0.1) is 5.69 Å². The molecule has 1 N–H and O–H groups in total. The van der Waals surface area contributed by atoms with Crippen molar-refractivity contribution in [2.75, 3.05) is 5.32 Å². The van der Waals surface area contributed by atoms with Crippen LogP contribution in [0.4, 0.5) is 13.9 Å². The van der Waals surface area contributed by atoms with Crippen LogP contribution in [0.25, 0.3) is 0 Å². The van der Waals surface area contributed by atoms with Crippen LogP contribution in [0.5, 0.6) is 0 Å². The van der Waals surface area contributed by atoms with Crippen molar-refractivity contribution in [3.05, 3.63) is 79.8 Å². The van der Waals surface area contributed by atoms with E-state index < -0.39 is 23.1 Å². The fraction of sp³-hybridized carbons (Fsp3) is 0.238. The highest BCUT2D eigenvalue weighted by molar-refractivity contribution is 7.16. The average Bonchev–Trinajstić information content (AvgIpc) is 3.00. The van der Waals surface area contributed by atoms with Gasteiger partial charge in [-0.25, -0.2) is 13.8 Å². The van der Waals surface area contributed by atoms with Crippen LogP contribution in [-0.2, 0) is 11.8 Å². The number of hydrogen-bond donors (Lipinski definition) is 1. The van der Waals surface area contributed by atoms with Crippen molar-refractivity contribution in [3.63, 3.8) is 0 Å². The molecule has 0 aliphatic heterocycles. The number of rotatable bonds is 4. The minimum absolute atomic E-state index is 0.266. The molecule has 8 heteroatoms. The van der Waals surface area contributed by atoms with Gasteiger partial charge < -0.3 is 0 Å². The molecular formula is C21H18Cl2F2N2OS. The highest BCUT2D eigenvalue weighted by Crippen LogP contribution is 2.35. The normalized spacial score (nSPS) is 11.6. The van der Waals surface area contributed by atoms with Gasteiger partial charge in [-0.05, 0) is 29.8 Å². The number of nitrogens with zero attached hydrogens (tertiary/aromatic N) is 1. The second-order valence-electron chi connectivity index (χ2n) is 7.50. The van der Waals surface area contributed by atoms with Gasteiger partial charge in [-0.2, -0.15) is 0 Å². The number of amides is 1. The summed E-state index contributed by atoms with van der Waals surface area (Å²) in [6, 6.07) is 8.53. The molecule has 0 aliphatic carbocycles. The predicted molar refractivity (Wildman–Crippen MR) is 114 cm³/mol. The van der Waals surface area contributed by atoms with E-state index in [4.69, 9.17) is 23.2 Å². The molecule has 0 unspecified atom stereocenters. The number of carbonyl (C=O) groups excluding carboxylic acids is 1. The molecule has 3 rings (SSSR count). The summed E-state index contributed by atoms with van der Waals surface area (Å²) in [5, 5.41) is 3.86. The Labute approximate surface area is 181 Å². The summed E-state index contributed by atoms with van der Waals surface area (Å²) < 4.78 is 27.8. The summed E-state index contributed by atoms with van der Waals surface area (Å²) in [4.78, 5) is 17.8. The molecule has 0 bridgehead atoms. The van der Waals surface area contributed by atoms with Crippen molar-refractivity contribution in [2.45, 2.75) is 32.6 Å². The van der Waals surface area contributed by atoms with Crippen LogP contribution in [0.1, 0.15) is 47.3 Å². The van der Waals surface area contributed by atoms with Crippen LogP contribution >= 0.6 is 34.5 Å². The zero-order valence-corrected chi connectivity index (χ0v) is 18.3. The second-order valence-corrected chi connectivity index (χ2v) is 9.43. The minimum Gasteiger partial charge on any atom is -0.298 e. The van der Waals surface area contributed by atoms with Gasteiger partial charge in [0.25, 0.3) is 5.91 Å². The second kappa shape index (κ2) is 8.38. The first-order valence-corrected chi connectivity index (χ1v) is 10.3. The third kappa shape index (κ3) is 4.94. The van der Waals surface area contributed by atoms with Crippen molar-refractivity contribution in [1.29, 1.82) is 0 Å². The molecule has 1 aromatic heterocycles. The van der Waals surface area contributed by atoms with Crippen molar-refractivity contribution in [2.24, 2.45) is 0 Å². The maximum absolute atomic E-state index is 13.9. The predicted octanol–water partition coefficient (Wildman–Crippen LogP) is 6.87. The first-order chi connectivity index (χ1) is 13.6. The quantitative estimate of drug-likeness (QED) is 0.467. The molecule has 1 amide bonds.